The maximum Gasteiger partial charge on any atom is 0.155 e. The van der Waals surface area contributed by atoms with Gasteiger partial charge in [0.05, 0.1) is 5.69 Å². The van der Waals surface area contributed by atoms with Gasteiger partial charge in [-0.3, -0.25) is 4.98 Å². The molecule has 1 N–H and O–H groups in total. The molecular formula is C26H28N6O. The van der Waals surface area contributed by atoms with Crippen LogP contribution in [0.15, 0.2) is 60.9 Å². The van der Waals surface area contributed by atoms with Gasteiger partial charge in [0.25, 0.3) is 0 Å². The summed E-state index contributed by atoms with van der Waals surface area (Å²) in [5.41, 5.74) is 4.35. The Hall–Kier alpha value is -3.45. The standard InChI is InChI=1S/C26H28N6O/c33-22-5-3-4-20(18-22)25-26(19-8-12-27-13-9-19)32-23(28-25)6-7-24(29-32)31-16-10-21(11-17-31)30-14-1-2-15-30/h3-9,12-13,18,21,33H,1-2,10-11,14-17H2. The molecule has 0 aliphatic carbocycles. The van der Waals surface area contributed by atoms with E-state index in [1.807, 2.05) is 34.8 Å². The molecular weight excluding hydrogens is 412 g/mol. The van der Waals surface area contributed by atoms with Crippen molar-refractivity contribution in [1.29, 1.82) is 0 Å². The van der Waals surface area contributed by atoms with Gasteiger partial charge in [0.1, 0.15) is 17.3 Å². The van der Waals surface area contributed by atoms with Crippen molar-refractivity contribution in [3.63, 3.8) is 0 Å². The van der Waals surface area contributed by atoms with Crippen molar-refractivity contribution in [2.24, 2.45) is 0 Å². The molecule has 168 valence electrons. The SMILES string of the molecule is Oc1cccc(-c2nc3ccc(N4CCC(N5CCCC5)CC4)nn3c2-c2ccncc2)c1. The van der Waals surface area contributed by atoms with E-state index in [1.165, 1.54) is 38.8 Å². The second kappa shape index (κ2) is 8.48. The third-order valence-electron chi connectivity index (χ3n) is 6.98. The van der Waals surface area contributed by atoms with Crippen molar-refractivity contribution in [1.82, 2.24) is 24.5 Å². The molecule has 0 atom stereocenters. The number of piperidine rings is 1. The number of hydrogen-bond acceptors (Lipinski definition) is 6. The fourth-order valence-electron chi connectivity index (χ4n) is 5.28. The Morgan fingerprint density at radius 1 is 0.848 bits per heavy atom. The highest BCUT2D eigenvalue weighted by molar-refractivity contribution is 5.82. The summed E-state index contributed by atoms with van der Waals surface area (Å²) in [6.07, 6.45) is 8.64. The molecule has 4 aromatic rings. The number of fused-ring (bicyclic) bond motifs is 1. The van der Waals surface area contributed by atoms with Gasteiger partial charge in [-0.05, 0) is 75.2 Å². The van der Waals surface area contributed by atoms with Crippen molar-refractivity contribution in [2.75, 3.05) is 31.1 Å². The molecule has 0 amide bonds. The van der Waals surface area contributed by atoms with Crippen molar-refractivity contribution in [3.05, 3.63) is 60.9 Å². The number of imidazole rings is 1. The molecule has 2 aliphatic rings. The summed E-state index contributed by atoms with van der Waals surface area (Å²) in [6, 6.07) is 16.0. The molecule has 0 bridgehead atoms. The van der Waals surface area contributed by atoms with Crippen molar-refractivity contribution in [2.45, 2.75) is 31.7 Å². The van der Waals surface area contributed by atoms with Crippen LogP contribution in [0.3, 0.4) is 0 Å². The summed E-state index contributed by atoms with van der Waals surface area (Å²) in [5, 5.41) is 15.1. The Balaban J connectivity index is 1.38. The number of anilines is 1. The molecule has 2 saturated heterocycles. The Kier molecular flexibility index (Phi) is 5.19. The molecule has 6 rings (SSSR count). The van der Waals surface area contributed by atoms with Crippen LogP contribution in [0.5, 0.6) is 5.75 Å². The number of aromatic nitrogens is 4. The zero-order valence-corrected chi connectivity index (χ0v) is 18.6. The lowest BCUT2D eigenvalue weighted by Crippen LogP contribution is -2.44. The fourth-order valence-corrected chi connectivity index (χ4v) is 5.28. The van der Waals surface area contributed by atoms with Gasteiger partial charge in [0.15, 0.2) is 5.65 Å². The van der Waals surface area contributed by atoms with Crippen LogP contribution in [0.4, 0.5) is 5.82 Å². The predicted molar refractivity (Wildman–Crippen MR) is 129 cm³/mol. The lowest BCUT2D eigenvalue weighted by Gasteiger charge is -2.37. The van der Waals surface area contributed by atoms with Crippen LogP contribution in [-0.4, -0.2) is 61.8 Å². The molecule has 0 radical (unpaired) electrons. The molecule has 3 aromatic heterocycles. The molecule has 2 fully saturated rings. The summed E-state index contributed by atoms with van der Waals surface area (Å²) in [7, 11) is 0. The van der Waals surface area contributed by atoms with E-state index in [9.17, 15) is 5.11 Å². The Labute approximate surface area is 193 Å². The highest BCUT2D eigenvalue weighted by atomic mass is 16.3. The van der Waals surface area contributed by atoms with Crippen molar-refractivity contribution >= 4 is 11.5 Å². The summed E-state index contributed by atoms with van der Waals surface area (Å²) in [6.45, 7) is 4.57. The molecule has 0 spiro atoms. The fraction of sp³-hybridized carbons (Fsp3) is 0.346. The number of phenols is 1. The molecule has 33 heavy (non-hydrogen) atoms. The van der Waals surface area contributed by atoms with E-state index in [2.05, 4.69) is 20.9 Å². The average molecular weight is 441 g/mol. The lowest BCUT2D eigenvalue weighted by atomic mass is 10.0. The number of rotatable bonds is 4. The number of phenolic OH excluding ortho intramolecular Hbond substituents is 1. The number of pyridine rings is 1. The van der Waals surface area contributed by atoms with E-state index in [4.69, 9.17) is 10.1 Å². The van der Waals surface area contributed by atoms with Crippen LogP contribution in [0.2, 0.25) is 0 Å². The lowest BCUT2D eigenvalue weighted by molar-refractivity contribution is 0.207. The van der Waals surface area contributed by atoms with Gasteiger partial charge in [0.2, 0.25) is 0 Å². The third kappa shape index (κ3) is 3.82. The second-order valence-corrected chi connectivity index (χ2v) is 9.02. The largest absolute Gasteiger partial charge is 0.508 e. The van der Waals surface area contributed by atoms with E-state index in [0.29, 0.717) is 6.04 Å². The molecule has 2 aliphatic heterocycles. The Bertz CT molecular complexity index is 1260. The predicted octanol–water partition coefficient (Wildman–Crippen LogP) is 4.23. The summed E-state index contributed by atoms with van der Waals surface area (Å²) >= 11 is 0. The monoisotopic (exact) mass is 440 g/mol. The van der Waals surface area contributed by atoms with Crippen LogP contribution in [-0.2, 0) is 0 Å². The van der Waals surface area contributed by atoms with Gasteiger partial charge in [-0.1, -0.05) is 12.1 Å². The summed E-state index contributed by atoms with van der Waals surface area (Å²) in [4.78, 5) is 14.1. The minimum absolute atomic E-state index is 0.222. The minimum atomic E-state index is 0.222. The third-order valence-corrected chi connectivity index (χ3v) is 6.98. The molecule has 7 heteroatoms. The van der Waals surface area contributed by atoms with Gasteiger partial charge >= 0.3 is 0 Å². The molecule has 5 heterocycles. The summed E-state index contributed by atoms with van der Waals surface area (Å²) < 4.78 is 1.94. The highest BCUT2D eigenvalue weighted by Gasteiger charge is 2.27. The quantitative estimate of drug-likeness (QED) is 0.512. The highest BCUT2D eigenvalue weighted by Crippen LogP contribution is 2.34. The van der Waals surface area contributed by atoms with Crippen molar-refractivity contribution < 1.29 is 5.11 Å². The Morgan fingerprint density at radius 2 is 1.64 bits per heavy atom. The van der Waals surface area contributed by atoms with Crippen molar-refractivity contribution in [3.8, 4) is 28.3 Å². The van der Waals surface area contributed by atoms with Gasteiger partial charge < -0.3 is 14.9 Å². The minimum Gasteiger partial charge on any atom is -0.508 e. The first-order valence-electron chi connectivity index (χ1n) is 11.8. The van der Waals surface area contributed by atoms with E-state index < -0.39 is 0 Å². The average Bonchev–Trinajstić information content (AvgIpc) is 3.53. The first-order valence-corrected chi connectivity index (χ1v) is 11.8. The van der Waals surface area contributed by atoms with Crippen LogP contribution in [0.25, 0.3) is 28.2 Å². The number of benzene rings is 1. The molecule has 1 aromatic carbocycles. The number of nitrogens with zero attached hydrogens (tertiary/aromatic N) is 6. The number of likely N-dealkylation sites (tertiary alicyclic amines) is 1. The first-order chi connectivity index (χ1) is 16.3. The Morgan fingerprint density at radius 3 is 2.39 bits per heavy atom. The zero-order chi connectivity index (χ0) is 22.2. The topological polar surface area (TPSA) is 69.8 Å². The van der Waals surface area contributed by atoms with Gasteiger partial charge in [-0.25, -0.2) is 9.50 Å². The maximum atomic E-state index is 10.1. The molecule has 7 nitrogen and oxygen atoms in total. The first kappa shape index (κ1) is 20.2. The van der Waals surface area contributed by atoms with Crippen LogP contribution < -0.4 is 4.90 Å². The number of aromatic hydroxyl groups is 1. The molecule has 0 saturated carbocycles. The molecule has 0 unspecified atom stereocenters. The second-order valence-electron chi connectivity index (χ2n) is 9.02. The van der Waals surface area contributed by atoms with Gasteiger partial charge in [0, 0.05) is 42.7 Å². The van der Waals surface area contributed by atoms with Crippen LogP contribution >= 0.6 is 0 Å². The van der Waals surface area contributed by atoms with Gasteiger partial charge in [-0.2, -0.15) is 0 Å². The van der Waals surface area contributed by atoms with E-state index in [1.54, 1.807) is 24.5 Å². The van der Waals surface area contributed by atoms with E-state index in [-0.39, 0.29) is 5.75 Å². The van der Waals surface area contributed by atoms with E-state index >= 15 is 0 Å². The van der Waals surface area contributed by atoms with E-state index in [0.717, 1.165) is 47.1 Å². The normalized spacial score (nSPS) is 17.8. The maximum absolute atomic E-state index is 10.1. The smallest absolute Gasteiger partial charge is 0.155 e. The number of hydrogen-bond donors (Lipinski definition) is 1. The van der Waals surface area contributed by atoms with Gasteiger partial charge in [-0.15, -0.1) is 5.10 Å². The summed E-state index contributed by atoms with van der Waals surface area (Å²) in [5.74, 6) is 1.21. The zero-order valence-electron chi connectivity index (χ0n) is 18.6. The van der Waals surface area contributed by atoms with Crippen LogP contribution in [0.1, 0.15) is 25.7 Å². The van der Waals surface area contributed by atoms with Crippen LogP contribution in [0, 0.1) is 0 Å².